The highest BCUT2D eigenvalue weighted by atomic mass is 32.1. The Hall–Kier alpha value is -2.81. The molecule has 2 aromatic heterocycles. The van der Waals surface area contributed by atoms with Crippen molar-refractivity contribution < 1.29 is 18.0 Å². The molecule has 28 heavy (non-hydrogen) atoms. The van der Waals surface area contributed by atoms with Crippen LogP contribution >= 0.6 is 11.3 Å². The molecule has 5 nitrogen and oxygen atoms in total. The first-order valence-electron chi connectivity index (χ1n) is 8.70. The zero-order valence-electron chi connectivity index (χ0n) is 14.6. The first-order valence-corrected chi connectivity index (χ1v) is 9.57. The summed E-state index contributed by atoms with van der Waals surface area (Å²) < 4.78 is 41.9. The quantitative estimate of drug-likeness (QED) is 0.669. The summed E-state index contributed by atoms with van der Waals surface area (Å²) in [4.78, 5) is 13.5. The molecule has 0 saturated carbocycles. The van der Waals surface area contributed by atoms with E-state index in [0.717, 1.165) is 15.1 Å². The van der Waals surface area contributed by atoms with Gasteiger partial charge in [0.25, 0.3) is 5.91 Å². The number of carbonyl (C=O) groups excluding carboxylic acids is 1. The lowest BCUT2D eigenvalue weighted by molar-refractivity contribution is -0.173. The van der Waals surface area contributed by atoms with E-state index in [-0.39, 0.29) is 17.8 Å². The number of hydrogen-bond acceptors (Lipinski definition) is 4. The van der Waals surface area contributed by atoms with Crippen LogP contribution in [0.1, 0.15) is 39.3 Å². The van der Waals surface area contributed by atoms with Crippen LogP contribution in [0.5, 0.6) is 0 Å². The number of thiophene rings is 1. The van der Waals surface area contributed by atoms with Crippen LogP contribution in [-0.2, 0) is 6.54 Å². The summed E-state index contributed by atoms with van der Waals surface area (Å²) >= 11 is 1.49. The smallest absolute Gasteiger partial charge is 0.363 e. The molecule has 1 aliphatic heterocycles. The number of rotatable bonds is 4. The maximum Gasteiger partial charge on any atom is 0.410 e. The molecule has 1 aliphatic rings. The molecular weight excluding hydrogens is 389 g/mol. The van der Waals surface area contributed by atoms with Crippen molar-refractivity contribution in [3.8, 4) is 0 Å². The lowest BCUT2D eigenvalue weighted by atomic mass is 9.96. The van der Waals surface area contributed by atoms with Crippen LogP contribution < -0.4 is 10.6 Å². The van der Waals surface area contributed by atoms with Crippen molar-refractivity contribution >= 4 is 23.1 Å². The first-order chi connectivity index (χ1) is 13.4. The van der Waals surface area contributed by atoms with Gasteiger partial charge in [0.05, 0.1) is 18.8 Å². The van der Waals surface area contributed by atoms with E-state index < -0.39 is 24.2 Å². The number of nitrogens with zero attached hydrogens (tertiary/aromatic N) is 2. The first kappa shape index (κ1) is 18.5. The molecule has 0 spiro atoms. The van der Waals surface area contributed by atoms with Crippen molar-refractivity contribution in [2.24, 2.45) is 0 Å². The van der Waals surface area contributed by atoms with E-state index in [4.69, 9.17) is 0 Å². The Labute approximate surface area is 163 Å². The Balaban J connectivity index is 1.64. The van der Waals surface area contributed by atoms with Crippen LogP contribution in [0.15, 0.2) is 54.0 Å². The predicted molar refractivity (Wildman–Crippen MR) is 100 cm³/mol. The fourth-order valence-electron chi connectivity index (χ4n) is 3.31. The number of amides is 1. The molecule has 2 atom stereocenters. The van der Waals surface area contributed by atoms with Crippen LogP contribution in [0.2, 0.25) is 0 Å². The Morgan fingerprint density at radius 3 is 2.71 bits per heavy atom. The number of anilines is 1. The normalized spacial score (nSPS) is 19.0. The highest BCUT2D eigenvalue weighted by molar-refractivity contribution is 7.09. The van der Waals surface area contributed by atoms with Crippen LogP contribution in [0.25, 0.3) is 0 Å². The van der Waals surface area contributed by atoms with E-state index in [1.807, 2.05) is 17.5 Å². The summed E-state index contributed by atoms with van der Waals surface area (Å²) in [5, 5.41) is 11.6. The van der Waals surface area contributed by atoms with Crippen molar-refractivity contribution in [2.75, 3.05) is 5.32 Å². The number of carbonyl (C=O) groups is 1. The molecule has 146 valence electrons. The van der Waals surface area contributed by atoms with Gasteiger partial charge < -0.3 is 10.6 Å². The highest BCUT2D eigenvalue weighted by Gasteiger charge is 2.47. The van der Waals surface area contributed by atoms with Crippen LogP contribution in [0.3, 0.4) is 0 Å². The standard InChI is InChI=1S/C19H17F3N4OS/c20-19(21,22)16-9-15(12-5-2-1-3-6-12)25-17-14(11-24-26(16)17)18(27)23-10-13-7-4-8-28-13/h1-8,11,15-16,25H,9-10H2,(H,23,27)/t15-,16+/m1/s1. The molecule has 4 rings (SSSR count). The largest absolute Gasteiger partial charge is 0.410 e. The summed E-state index contributed by atoms with van der Waals surface area (Å²) in [7, 11) is 0. The number of benzene rings is 1. The lowest BCUT2D eigenvalue weighted by Gasteiger charge is -2.34. The number of halogens is 3. The lowest BCUT2D eigenvalue weighted by Crippen LogP contribution is -2.36. The minimum atomic E-state index is -4.47. The fourth-order valence-corrected chi connectivity index (χ4v) is 3.95. The van der Waals surface area contributed by atoms with Gasteiger partial charge in [-0.1, -0.05) is 36.4 Å². The Morgan fingerprint density at radius 1 is 1.25 bits per heavy atom. The third-order valence-electron chi connectivity index (χ3n) is 4.69. The molecule has 1 amide bonds. The zero-order valence-corrected chi connectivity index (χ0v) is 15.4. The van der Waals surface area contributed by atoms with Crippen molar-refractivity contribution in [3.63, 3.8) is 0 Å². The number of hydrogen-bond donors (Lipinski definition) is 2. The van der Waals surface area contributed by atoms with Gasteiger partial charge in [0.1, 0.15) is 11.4 Å². The molecule has 0 aliphatic carbocycles. The highest BCUT2D eigenvalue weighted by Crippen LogP contribution is 2.44. The van der Waals surface area contributed by atoms with Crippen molar-refractivity contribution in [3.05, 3.63) is 70.0 Å². The van der Waals surface area contributed by atoms with E-state index in [9.17, 15) is 18.0 Å². The van der Waals surface area contributed by atoms with E-state index in [2.05, 4.69) is 15.7 Å². The third-order valence-corrected chi connectivity index (χ3v) is 5.56. The topological polar surface area (TPSA) is 59.0 Å². The Bertz CT molecular complexity index is 953. The van der Waals surface area contributed by atoms with E-state index >= 15 is 0 Å². The van der Waals surface area contributed by atoms with Gasteiger partial charge in [-0.25, -0.2) is 4.68 Å². The third kappa shape index (κ3) is 3.62. The summed E-state index contributed by atoms with van der Waals surface area (Å²) in [6, 6.07) is 10.3. The van der Waals surface area contributed by atoms with Gasteiger partial charge >= 0.3 is 6.18 Å². The molecule has 0 bridgehead atoms. The van der Waals surface area contributed by atoms with Gasteiger partial charge in [-0.2, -0.15) is 18.3 Å². The number of alkyl halides is 3. The maximum absolute atomic E-state index is 13.7. The second-order valence-corrected chi connectivity index (χ2v) is 7.55. The van der Waals surface area contributed by atoms with Crippen molar-refractivity contribution in [1.82, 2.24) is 15.1 Å². The SMILES string of the molecule is O=C(NCc1cccs1)c1cnn2c1N[C@@H](c1ccccc1)C[C@H]2C(F)(F)F. The zero-order chi connectivity index (χ0) is 19.7. The maximum atomic E-state index is 13.7. The van der Waals surface area contributed by atoms with Crippen LogP contribution in [-0.4, -0.2) is 21.9 Å². The molecule has 0 fully saturated rings. The van der Waals surface area contributed by atoms with E-state index in [0.29, 0.717) is 6.54 Å². The Morgan fingerprint density at radius 2 is 2.04 bits per heavy atom. The summed E-state index contributed by atoms with van der Waals surface area (Å²) in [6.45, 7) is 0.311. The van der Waals surface area contributed by atoms with Gasteiger partial charge in [0, 0.05) is 11.3 Å². The summed E-state index contributed by atoms with van der Waals surface area (Å²) in [5.74, 6) is -0.372. The average molecular weight is 406 g/mol. The van der Waals surface area contributed by atoms with Crippen LogP contribution in [0.4, 0.5) is 19.0 Å². The molecule has 0 saturated heterocycles. The fraction of sp³-hybridized carbons (Fsp3) is 0.263. The predicted octanol–water partition coefficient (Wildman–Crippen LogP) is 4.53. The van der Waals surface area contributed by atoms with Gasteiger partial charge in [-0.15, -0.1) is 11.3 Å². The molecule has 3 aromatic rings. The monoisotopic (exact) mass is 406 g/mol. The second-order valence-electron chi connectivity index (χ2n) is 6.51. The molecule has 2 N–H and O–H groups in total. The number of aromatic nitrogens is 2. The minimum Gasteiger partial charge on any atom is -0.363 e. The number of fused-ring (bicyclic) bond motifs is 1. The summed E-state index contributed by atoms with van der Waals surface area (Å²) in [6.07, 6.45) is -3.47. The summed E-state index contributed by atoms with van der Waals surface area (Å²) in [5.41, 5.74) is 0.834. The second kappa shape index (κ2) is 7.31. The van der Waals surface area contributed by atoms with E-state index in [1.165, 1.54) is 17.5 Å². The Kier molecular flexibility index (Phi) is 4.84. The molecule has 0 radical (unpaired) electrons. The minimum absolute atomic E-state index is 0.0890. The van der Waals surface area contributed by atoms with Gasteiger partial charge in [0.15, 0.2) is 6.04 Å². The van der Waals surface area contributed by atoms with E-state index in [1.54, 1.807) is 30.3 Å². The number of nitrogens with one attached hydrogen (secondary N) is 2. The molecule has 0 unspecified atom stereocenters. The average Bonchev–Trinajstić information content (AvgIpc) is 3.35. The van der Waals surface area contributed by atoms with Gasteiger partial charge in [0.2, 0.25) is 0 Å². The molecule has 1 aromatic carbocycles. The van der Waals surface area contributed by atoms with Crippen molar-refractivity contribution in [2.45, 2.75) is 31.2 Å². The molecule has 3 heterocycles. The van der Waals surface area contributed by atoms with Gasteiger partial charge in [-0.05, 0) is 17.0 Å². The molecule has 9 heteroatoms. The molecular formula is C19H17F3N4OS. The van der Waals surface area contributed by atoms with Gasteiger partial charge in [-0.3, -0.25) is 4.79 Å². The van der Waals surface area contributed by atoms with Crippen molar-refractivity contribution in [1.29, 1.82) is 0 Å². The van der Waals surface area contributed by atoms with Crippen LogP contribution in [0, 0.1) is 0 Å².